The van der Waals surface area contributed by atoms with Crippen molar-refractivity contribution in [2.75, 3.05) is 18.8 Å². The van der Waals surface area contributed by atoms with Crippen molar-refractivity contribution in [2.24, 2.45) is 0 Å². The molecule has 0 bridgehead atoms. The zero-order valence-electron chi connectivity index (χ0n) is 9.77. The molecule has 92 valence electrons. The summed E-state index contributed by atoms with van der Waals surface area (Å²) in [6.07, 6.45) is 0.972. The van der Waals surface area contributed by atoms with Crippen molar-refractivity contribution in [1.82, 2.24) is 5.32 Å². The lowest BCUT2D eigenvalue weighted by molar-refractivity contribution is 0.582. The molecule has 1 heterocycles. The SMILES string of the molecule is CC(C)S(=O)(=O)CCNCCc1cccs1. The average Bonchev–Trinajstić information content (AvgIpc) is 2.69. The fourth-order valence-electron chi connectivity index (χ4n) is 1.24. The molecule has 1 rings (SSSR count). The number of hydrogen-bond donors (Lipinski definition) is 1. The molecule has 0 aromatic carbocycles. The van der Waals surface area contributed by atoms with Crippen LogP contribution in [-0.2, 0) is 16.3 Å². The van der Waals surface area contributed by atoms with Crippen molar-refractivity contribution in [3.05, 3.63) is 22.4 Å². The van der Waals surface area contributed by atoms with Gasteiger partial charge in [-0.2, -0.15) is 0 Å². The van der Waals surface area contributed by atoms with Gasteiger partial charge in [0.2, 0.25) is 0 Å². The molecule has 0 unspecified atom stereocenters. The molecule has 0 saturated carbocycles. The fourth-order valence-corrected chi connectivity index (χ4v) is 2.85. The number of hydrogen-bond acceptors (Lipinski definition) is 4. The van der Waals surface area contributed by atoms with Crippen LogP contribution >= 0.6 is 11.3 Å². The lowest BCUT2D eigenvalue weighted by atomic mass is 10.3. The quantitative estimate of drug-likeness (QED) is 0.760. The zero-order chi connectivity index (χ0) is 12.0. The van der Waals surface area contributed by atoms with Crippen LogP contribution in [0.15, 0.2) is 17.5 Å². The minimum atomic E-state index is -2.89. The Kier molecular flexibility index (Phi) is 5.44. The van der Waals surface area contributed by atoms with E-state index in [9.17, 15) is 8.42 Å². The van der Waals surface area contributed by atoms with Gasteiger partial charge in [-0.05, 0) is 38.3 Å². The highest BCUT2D eigenvalue weighted by Crippen LogP contribution is 2.08. The highest BCUT2D eigenvalue weighted by molar-refractivity contribution is 7.92. The minimum absolute atomic E-state index is 0.231. The summed E-state index contributed by atoms with van der Waals surface area (Å²) < 4.78 is 23.0. The van der Waals surface area contributed by atoms with Gasteiger partial charge in [0.15, 0.2) is 9.84 Å². The third-order valence-electron chi connectivity index (χ3n) is 2.41. The van der Waals surface area contributed by atoms with E-state index in [1.807, 2.05) is 6.07 Å². The summed E-state index contributed by atoms with van der Waals surface area (Å²) in [5.74, 6) is 0.231. The van der Waals surface area contributed by atoms with Gasteiger partial charge in [-0.15, -0.1) is 11.3 Å². The second kappa shape index (κ2) is 6.37. The molecule has 0 atom stereocenters. The summed E-state index contributed by atoms with van der Waals surface area (Å²) in [6.45, 7) is 4.84. The van der Waals surface area contributed by atoms with Crippen LogP contribution in [-0.4, -0.2) is 32.5 Å². The van der Waals surface area contributed by atoms with E-state index in [1.165, 1.54) is 4.88 Å². The first kappa shape index (κ1) is 13.7. The van der Waals surface area contributed by atoms with Crippen LogP contribution in [0.1, 0.15) is 18.7 Å². The van der Waals surface area contributed by atoms with E-state index in [2.05, 4.69) is 16.8 Å². The first-order valence-electron chi connectivity index (χ1n) is 5.47. The maximum Gasteiger partial charge on any atom is 0.153 e. The Morgan fingerprint density at radius 1 is 1.38 bits per heavy atom. The van der Waals surface area contributed by atoms with Gasteiger partial charge >= 0.3 is 0 Å². The predicted octanol–water partition coefficient (Wildman–Crippen LogP) is 1.70. The summed E-state index contributed by atoms with van der Waals surface area (Å²) in [4.78, 5) is 1.33. The van der Waals surface area contributed by atoms with Gasteiger partial charge in [-0.3, -0.25) is 0 Å². The molecular formula is C11H19NO2S2. The van der Waals surface area contributed by atoms with E-state index in [0.717, 1.165) is 13.0 Å². The third-order valence-corrected chi connectivity index (χ3v) is 5.56. The van der Waals surface area contributed by atoms with Gasteiger partial charge in [0, 0.05) is 11.4 Å². The van der Waals surface area contributed by atoms with Crippen LogP contribution in [0.25, 0.3) is 0 Å². The summed E-state index contributed by atoms with van der Waals surface area (Å²) in [7, 11) is -2.89. The average molecular weight is 261 g/mol. The Balaban J connectivity index is 2.13. The predicted molar refractivity (Wildman–Crippen MR) is 69.8 cm³/mol. The first-order chi connectivity index (χ1) is 7.52. The lowest BCUT2D eigenvalue weighted by Gasteiger charge is -2.08. The van der Waals surface area contributed by atoms with E-state index in [1.54, 1.807) is 25.2 Å². The zero-order valence-corrected chi connectivity index (χ0v) is 11.4. The molecule has 0 radical (unpaired) electrons. The lowest BCUT2D eigenvalue weighted by Crippen LogP contribution is -2.28. The van der Waals surface area contributed by atoms with Crippen LogP contribution in [0.5, 0.6) is 0 Å². The number of nitrogens with one attached hydrogen (secondary N) is 1. The summed E-state index contributed by atoms with van der Waals surface area (Å²) in [5, 5.41) is 4.94. The van der Waals surface area contributed by atoms with Crippen LogP contribution in [0.2, 0.25) is 0 Å². The Hall–Kier alpha value is -0.390. The second-order valence-corrected chi connectivity index (χ2v) is 7.70. The monoisotopic (exact) mass is 261 g/mol. The molecule has 0 aliphatic carbocycles. The molecule has 1 aromatic rings. The smallest absolute Gasteiger partial charge is 0.153 e. The minimum Gasteiger partial charge on any atom is -0.315 e. The van der Waals surface area contributed by atoms with Gasteiger partial charge in [0.25, 0.3) is 0 Å². The molecule has 1 N–H and O–H groups in total. The van der Waals surface area contributed by atoms with E-state index >= 15 is 0 Å². The van der Waals surface area contributed by atoms with Crippen LogP contribution in [0.4, 0.5) is 0 Å². The second-order valence-electron chi connectivity index (χ2n) is 4.00. The van der Waals surface area contributed by atoms with Crippen molar-refractivity contribution >= 4 is 21.2 Å². The fraction of sp³-hybridized carbons (Fsp3) is 0.636. The molecule has 0 saturated heterocycles. The molecule has 0 aliphatic heterocycles. The van der Waals surface area contributed by atoms with Crippen molar-refractivity contribution < 1.29 is 8.42 Å². The Labute approximate surface area is 102 Å². The molecular weight excluding hydrogens is 242 g/mol. The van der Waals surface area contributed by atoms with Gasteiger partial charge in [-0.25, -0.2) is 8.42 Å². The maximum atomic E-state index is 11.5. The van der Waals surface area contributed by atoms with E-state index in [-0.39, 0.29) is 11.0 Å². The van der Waals surface area contributed by atoms with Crippen LogP contribution in [0, 0.1) is 0 Å². The third kappa shape index (κ3) is 4.63. The van der Waals surface area contributed by atoms with E-state index in [0.29, 0.717) is 6.54 Å². The van der Waals surface area contributed by atoms with Crippen LogP contribution < -0.4 is 5.32 Å². The Morgan fingerprint density at radius 2 is 2.12 bits per heavy atom. The van der Waals surface area contributed by atoms with Gasteiger partial charge in [0.1, 0.15) is 0 Å². The number of rotatable bonds is 7. The van der Waals surface area contributed by atoms with Crippen molar-refractivity contribution in [2.45, 2.75) is 25.5 Å². The topological polar surface area (TPSA) is 46.2 Å². The van der Waals surface area contributed by atoms with E-state index < -0.39 is 9.84 Å². The molecule has 0 aliphatic rings. The van der Waals surface area contributed by atoms with Crippen molar-refractivity contribution in [1.29, 1.82) is 0 Å². The van der Waals surface area contributed by atoms with E-state index in [4.69, 9.17) is 0 Å². The van der Waals surface area contributed by atoms with Crippen LogP contribution in [0.3, 0.4) is 0 Å². The molecule has 5 heteroatoms. The van der Waals surface area contributed by atoms with Gasteiger partial charge in [-0.1, -0.05) is 6.07 Å². The summed E-state index contributed by atoms with van der Waals surface area (Å²) in [6, 6.07) is 4.13. The number of sulfone groups is 1. The number of thiophene rings is 1. The molecule has 0 fully saturated rings. The molecule has 3 nitrogen and oxygen atoms in total. The van der Waals surface area contributed by atoms with Gasteiger partial charge in [0.05, 0.1) is 11.0 Å². The largest absolute Gasteiger partial charge is 0.315 e. The van der Waals surface area contributed by atoms with Crippen molar-refractivity contribution in [3.63, 3.8) is 0 Å². The Morgan fingerprint density at radius 3 is 2.69 bits per heavy atom. The van der Waals surface area contributed by atoms with Crippen molar-refractivity contribution in [3.8, 4) is 0 Å². The first-order valence-corrected chi connectivity index (χ1v) is 8.06. The highest BCUT2D eigenvalue weighted by Gasteiger charge is 2.14. The molecule has 16 heavy (non-hydrogen) atoms. The normalized spacial score (nSPS) is 12.2. The summed E-state index contributed by atoms with van der Waals surface area (Å²) in [5.41, 5.74) is 0. The summed E-state index contributed by atoms with van der Waals surface area (Å²) >= 11 is 1.73. The van der Waals surface area contributed by atoms with Gasteiger partial charge < -0.3 is 5.32 Å². The molecule has 0 spiro atoms. The standard InChI is InChI=1S/C11H19NO2S2/c1-10(2)16(13,14)9-7-12-6-5-11-4-3-8-15-11/h3-4,8,10,12H,5-7,9H2,1-2H3. The highest BCUT2D eigenvalue weighted by atomic mass is 32.2. The maximum absolute atomic E-state index is 11.5. The Bertz CT molecular complexity index is 382. The molecule has 1 aromatic heterocycles. The molecule has 0 amide bonds.